The summed E-state index contributed by atoms with van der Waals surface area (Å²) >= 11 is 0. The van der Waals surface area contributed by atoms with Gasteiger partial charge in [0.15, 0.2) is 0 Å². The summed E-state index contributed by atoms with van der Waals surface area (Å²) in [5.41, 5.74) is -1.43. The Hall–Kier alpha value is -2.63. The number of halogens is 3. The second kappa shape index (κ2) is 7.41. The van der Waals surface area contributed by atoms with E-state index in [0.717, 1.165) is 25.5 Å². The molecule has 0 spiro atoms. The van der Waals surface area contributed by atoms with Crippen molar-refractivity contribution in [3.8, 4) is 5.88 Å². The molecule has 0 bridgehead atoms. The van der Waals surface area contributed by atoms with E-state index in [4.69, 9.17) is 9.47 Å². The van der Waals surface area contributed by atoms with E-state index in [1.165, 1.54) is 6.33 Å². The number of aromatic nitrogens is 5. The van der Waals surface area contributed by atoms with Crippen molar-refractivity contribution >= 4 is 5.95 Å². The van der Waals surface area contributed by atoms with E-state index in [-0.39, 0.29) is 31.2 Å². The Morgan fingerprint density at radius 2 is 2.11 bits per heavy atom. The molecule has 12 heteroatoms. The minimum Gasteiger partial charge on any atom is -0.469 e. The maximum atomic E-state index is 13.2. The number of alkyl halides is 3. The smallest absolute Gasteiger partial charge is 0.423 e. The predicted molar refractivity (Wildman–Crippen MR) is 90.0 cm³/mol. The Balaban J connectivity index is 1.49. The molecule has 2 aromatic heterocycles. The van der Waals surface area contributed by atoms with Gasteiger partial charge in [-0.25, -0.2) is 14.9 Å². The summed E-state index contributed by atoms with van der Waals surface area (Å²) in [5, 5.41) is 5.72. The van der Waals surface area contributed by atoms with Crippen molar-refractivity contribution in [2.75, 3.05) is 18.5 Å². The van der Waals surface area contributed by atoms with Gasteiger partial charge < -0.3 is 14.8 Å². The first-order chi connectivity index (χ1) is 13.4. The van der Waals surface area contributed by atoms with Crippen molar-refractivity contribution in [2.24, 2.45) is 0 Å². The van der Waals surface area contributed by atoms with Gasteiger partial charge in [-0.1, -0.05) is 0 Å². The van der Waals surface area contributed by atoms with Gasteiger partial charge in [-0.15, -0.1) is 0 Å². The second-order valence-corrected chi connectivity index (χ2v) is 6.92. The van der Waals surface area contributed by atoms with E-state index in [9.17, 15) is 18.0 Å². The van der Waals surface area contributed by atoms with Crippen LogP contribution in [0.15, 0.2) is 17.3 Å². The first-order valence-corrected chi connectivity index (χ1v) is 8.97. The van der Waals surface area contributed by atoms with Crippen molar-refractivity contribution in [1.29, 1.82) is 0 Å². The standard InChI is InChI=1S/C16H19F3N6O3/c17-16(18,19)12-5-20-14(23-13(12)28-11-6-27-7-11)22-9-2-1-3-10(4-9)25-8-21-15(26)24-25/h5,8-11H,1-4,6-7H2,(H,24,26)(H,20,22,23)/t9-,10-/m1/s1. The number of nitrogens with zero attached hydrogens (tertiary/aromatic N) is 4. The first kappa shape index (κ1) is 18.7. The van der Waals surface area contributed by atoms with Gasteiger partial charge in [-0.05, 0) is 25.7 Å². The lowest BCUT2D eigenvalue weighted by atomic mass is 9.91. The summed E-state index contributed by atoms with van der Waals surface area (Å²) in [6.07, 6.45) is 0.354. The molecule has 2 aromatic rings. The van der Waals surface area contributed by atoms with Crippen molar-refractivity contribution in [1.82, 2.24) is 24.7 Å². The first-order valence-electron chi connectivity index (χ1n) is 8.97. The van der Waals surface area contributed by atoms with Gasteiger partial charge in [0, 0.05) is 12.2 Å². The Labute approximate surface area is 157 Å². The lowest BCUT2D eigenvalue weighted by Gasteiger charge is -2.30. The number of aromatic amines is 1. The zero-order valence-corrected chi connectivity index (χ0v) is 14.8. The number of hydrogen-bond acceptors (Lipinski definition) is 7. The summed E-state index contributed by atoms with van der Waals surface area (Å²) in [5.74, 6) is -0.419. The summed E-state index contributed by atoms with van der Waals surface area (Å²) < 4.78 is 51.6. The number of H-pyrrole nitrogens is 1. The average molecular weight is 400 g/mol. The van der Waals surface area contributed by atoms with Crippen LogP contribution >= 0.6 is 0 Å². The summed E-state index contributed by atoms with van der Waals surface area (Å²) in [6.45, 7) is 0.467. The summed E-state index contributed by atoms with van der Waals surface area (Å²) in [7, 11) is 0. The molecular weight excluding hydrogens is 381 g/mol. The van der Waals surface area contributed by atoms with Crippen molar-refractivity contribution in [3.05, 3.63) is 28.6 Å². The highest BCUT2D eigenvalue weighted by Gasteiger charge is 2.38. The third-order valence-electron chi connectivity index (χ3n) is 4.84. The molecule has 2 aliphatic rings. The molecule has 152 valence electrons. The van der Waals surface area contributed by atoms with E-state index in [1.54, 1.807) is 4.68 Å². The molecule has 1 aliphatic heterocycles. The van der Waals surface area contributed by atoms with Crippen LogP contribution in [0.1, 0.15) is 37.3 Å². The predicted octanol–water partition coefficient (Wildman–Crippen LogP) is 1.75. The highest BCUT2D eigenvalue weighted by molar-refractivity contribution is 5.36. The van der Waals surface area contributed by atoms with Crippen LogP contribution in [0.3, 0.4) is 0 Å². The molecule has 2 atom stereocenters. The number of rotatable bonds is 5. The van der Waals surface area contributed by atoms with Gasteiger partial charge in [-0.2, -0.15) is 23.1 Å². The quantitative estimate of drug-likeness (QED) is 0.787. The fraction of sp³-hybridized carbons (Fsp3) is 0.625. The minimum absolute atomic E-state index is 0.0405. The van der Waals surface area contributed by atoms with Crippen LogP contribution in [-0.4, -0.2) is 50.1 Å². The van der Waals surface area contributed by atoms with Crippen LogP contribution in [-0.2, 0) is 10.9 Å². The maximum absolute atomic E-state index is 13.2. The van der Waals surface area contributed by atoms with Crippen LogP contribution in [0, 0.1) is 0 Å². The maximum Gasteiger partial charge on any atom is 0.423 e. The topological polar surface area (TPSA) is 107 Å². The molecule has 0 radical (unpaired) electrons. The molecule has 3 heterocycles. The average Bonchev–Trinajstić information content (AvgIpc) is 3.04. The van der Waals surface area contributed by atoms with E-state index in [0.29, 0.717) is 6.42 Å². The molecule has 28 heavy (non-hydrogen) atoms. The van der Waals surface area contributed by atoms with E-state index < -0.39 is 29.4 Å². The van der Waals surface area contributed by atoms with Gasteiger partial charge >= 0.3 is 11.9 Å². The van der Waals surface area contributed by atoms with E-state index in [1.807, 2.05) is 0 Å². The van der Waals surface area contributed by atoms with Crippen molar-refractivity contribution in [3.63, 3.8) is 0 Å². The molecule has 0 aromatic carbocycles. The summed E-state index contributed by atoms with van der Waals surface area (Å²) in [6, 6.07) is -0.0139. The molecule has 0 amide bonds. The molecule has 0 unspecified atom stereocenters. The molecule has 1 saturated heterocycles. The Kier molecular flexibility index (Phi) is 4.96. The number of anilines is 1. The fourth-order valence-corrected chi connectivity index (χ4v) is 3.36. The van der Waals surface area contributed by atoms with Crippen molar-refractivity contribution in [2.45, 2.75) is 50.0 Å². The fourth-order valence-electron chi connectivity index (χ4n) is 3.36. The molecule has 2 N–H and O–H groups in total. The monoisotopic (exact) mass is 400 g/mol. The molecule has 4 rings (SSSR count). The highest BCUT2D eigenvalue weighted by Crippen LogP contribution is 2.36. The summed E-state index contributed by atoms with van der Waals surface area (Å²) in [4.78, 5) is 22.7. The van der Waals surface area contributed by atoms with Crippen LogP contribution in [0.2, 0.25) is 0 Å². The minimum atomic E-state index is -4.61. The molecule has 1 aliphatic carbocycles. The highest BCUT2D eigenvalue weighted by atomic mass is 19.4. The van der Waals surface area contributed by atoms with Crippen LogP contribution in [0.4, 0.5) is 19.1 Å². The molecule has 9 nitrogen and oxygen atoms in total. The van der Waals surface area contributed by atoms with E-state index >= 15 is 0 Å². The van der Waals surface area contributed by atoms with Crippen LogP contribution in [0.5, 0.6) is 5.88 Å². The van der Waals surface area contributed by atoms with Crippen LogP contribution < -0.4 is 15.7 Å². The molecule has 1 saturated carbocycles. The third kappa shape index (κ3) is 4.11. The normalized spacial score (nSPS) is 23.2. The lowest BCUT2D eigenvalue weighted by Crippen LogP contribution is -2.39. The Morgan fingerprint density at radius 1 is 1.29 bits per heavy atom. The van der Waals surface area contributed by atoms with Crippen molar-refractivity contribution < 1.29 is 22.6 Å². The van der Waals surface area contributed by atoms with Gasteiger partial charge in [0.05, 0.1) is 19.3 Å². The lowest BCUT2D eigenvalue weighted by molar-refractivity contribution is -0.142. The van der Waals surface area contributed by atoms with Gasteiger partial charge in [-0.3, -0.25) is 4.68 Å². The zero-order valence-electron chi connectivity index (χ0n) is 14.8. The second-order valence-electron chi connectivity index (χ2n) is 6.92. The Bertz CT molecular complexity index is 879. The van der Waals surface area contributed by atoms with Crippen LogP contribution in [0.25, 0.3) is 0 Å². The zero-order chi connectivity index (χ0) is 19.7. The third-order valence-corrected chi connectivity index (χ3v) is 4.84. The Morgan fingerprint density at radius 3 is 2.75 bits per heavy atom. The van der Waals surface area contributed by atoms with Gasteiger partial charge in [0.25, 0.3) is 0 Å². The van der Waals surface area contributed by atoms with Gasteiger partial charge in [0.2, 0.25) is 11.8 Å². The molecule has 2 fully saturated rings. The number of ether oxygens (including phenoxy) is 2. The largest absolute Gasteiger partial charge is 0.469 e. The van der Waals surface area contributed by atoms with E-state index in [2.05, 4.69) is 25.4 Å². The molecular formula is C16H19F3N6O3. The van der Waals surface area contributed by atoms with Gasteiger partial charge in [0.1, 0.15) is 18.0 Å². The number of hydrogen-bond donors (Lipinski definition) is 2. The number of nitrogens with one attached hydrogen (secondary N) is 2. The SMILES string of the molecule is O=c1ncn([C@@H]2CCC[C@@H](Nc3ncc(C(F)(F)F)c(OC4COC4)n3)C2)[nH]1.